The minimum Gasteiger partial charge on any atom is -0.493 e. The van der Waals surface area contributed by atoms with Gasteiger partial charge in [-0.05, 0) is 17.7 Å². The van der Waals surface area contributed by atoms with Gasteiger partial charge in [0, 0.05) is 32.6 Å². The Labute approximate surface area is 147 Å². The summed E-state index contributed by atoms with van der Waals surface area (Å²) in [6.45, 7) is 4.32. The van der Waals surface area contributed by atoms with Crippen LogP contribution in [0.25, 0.3) is 0 Å². The van der Waals surface area contributed by atoms with Gasteiger partial charge in [-0.25, -0.2) is 0 Å². The lowest BCUT2D eigenvalue weighted by molar-refractivity contribution is 0.307. The molecule has 0 bridgehead atoms. The first-order chi connectivity index (χ1) is 12.3. The van der Waals surface area contributed by atoms with E-state index in [1.807, 2.05) is 18.2 Å². The standard InChI is InChI=1S/C18H24N4O3/c1-23-15-4-3-14(11-16(15)24-2)5-10-25-18-13-20-12-17(21-18)22-8-6-19-7-9-22/h3-4,11-13,19H,5-10H2,1-2H3. The van der Waals surface area contributed by atoms with Gasteiger partial charge in [0.15, 0.2) is 17.3 Å². The lowest BCUT2D eigenvalue weighted by atomic mass is 10.1. The highest BCUT2D eigenvalue weighted by molar-refractivity contribution is 5.43. The number of nitrogens with one attached hydrogen (secondary N) is 1. The molecule has 1 N–H and O–H groups in total. The van der Waals surface area contributed by atoms with Crippen molar-refractivity contribution in [2.45, 2.75) is 6.42 Å². The van der Waals surface area contributed by atoms with E-state index >= 15 is 0 Å². The molecule has 2 heterocycles. The second-order valence-electron chi connectivity index (χ2n) is 5.74. The van der Waals surface area contributed by atoms with E-state index in [1.165, 1.54) is 0 Å². The molecule has 1 saturated heterocycles. The summed E-state index contributed by atoms with van der Waals surface area (Å²) in [5.41, 5.74) is 1.11. The fourth-order valence-corrected chi connectivity index (χ4v) is 2.76. The quantitative estimate of drug-likeness (QED) is 0.817. The van der Waals surface area contributed by atoms with Gasteiger partial charge >= 0.3 is 0 Å². The number of nitrogens with zero attached hydrogens (tertiary/aromatic N) is 3. The summed E-state index contributed by atoms with van der Waals surface area (Å²) in [5.74, 6) is 2.86. The molecule has 1 aromatic carbocycles. The van der Waals surface area contributed by atoms with Gasteiger partial charge in [0.25, 0.3) is 0 Å². The zero-order valence-electron chi connectivity index (χ0n) is 14.7. The van der Waals surface area contributed by atoms with Crippen molar-refractivity contribution < 1.29 is 14.2 Å². The molecule has 7 nitrogen and oxygen atoms in total. The summed E-state index contributed by atoms with van der Waals surface area (Å²) in [6.07, 6.45) is 4.19. The molecule has 2 aromatic rings. The van der Waals surface area contributed by atoms with Gasteiger partial charge < -0.3 is 24.4 Å². The van der Waals surface area contributed by atoms with E-state index in [1.54, 1.807) is 26.6 Å². The average Bonchev–Trinajstić information content (AvgIpc) is 2.69. The van der Waals surface area contributed by atoms with Crippen molar-refractivity contribution >= 4 is 5.82 Å². The highest BCUT2D eigenvalue weighted by atomic mass is 16.5. The predicted molar refractivity (Wildman–Crippen MR) is 95.9 cm³/mol. The van der Waals surface area contributed by atoms with Crippen molar-refractivity contribution in [3.8, 4) is 17.4 Å². The molecule has 0 unspecified atom stereocenters. The Kier molecular flexibility index (Phi) is 5.90. The summed E-state index contributed by atoms with van der Waals surface area (Å²) in [7, 11) is 3.26. The van der Waals surface area contributed by atoms with Crippen LogP contribution < -0.4 is 24.4 Å². The first kappa shape index (κ1) is 17.3. The summed E-state index contributed by atoms with van der Waals surface area (Å²) < 4.78 is 16.4. The van der Waals surface area contributed by atoms with Crippen LogP contribution in [0, 0.1) is 0 Å². The van der Waals surface area contributed by atoms with Crippen LogP contribution in [0.3, 0.4) is 0 Å². The summed E-state index contributed by atoms with van der Waals surface area (Å²) in [5, 5.41) is 3.33. The maximum atomic E-state index is 5.78. The number of piperazine rings is 1. The summed E-state index contributed by atoms with van der Waals surface area (Å²) >= 11 is 0. The van der Waals surface area contributed by atoms with Crippen LogP contribution in [-0.2, 0) is 6.42 Å². The van der Waals surface area contributed by atoms with Crippen molar-refractivity contribution in [2.24, 2.45) is 0 Å². The molecule has 1 fully saturated rings. The largest absolute Gasteiger partial charge is 0.493 e. The van der Waals surface area contributed by atoms with E-state index in [0.29, 0.717) is 12.5 Å². The molecule has 0 amide bonds. The van der Waals surface area contributed by atoms with Crippen LogP contribution >= 0.6 is 0 Å². The van der Waals surface area contributed by atoms with Gasteiger partial charge in [-0.15, -0.1) is 0 Å². The average molecular weight is 344 g/mol. The molecule has 25 heavy (non-hydrogen) atoms. The third kappa shape index (κ3) is 4.51. The lowest BCUT2D eigenvalue weighted by Crippen LogP contribution is -2.43. The zero-order chi connectivity index (χ0) is 17.5. The third-order valence-corrected chi connectivity index (χ3v) is 4.13. The van der Waals surface area contributed by atoms with E-state index in [-0.39, 0.29) is 0 Å². The van der Waals surface area contributed by atoms with Gasteiger partial charge in [-0.1, -0.05) is 6.07 Å². The van der Waals surface area contributed by atoms with Crippen molar-refractivity contribution in [1.29, 1.82) is 0 Å². The summed E-state index contributed by atoms with van der Waals surface area (Å²) in [6, 6.07) is 5.87. The molecule has 1 aromatic heterocycles. The molecule has 7 heteroatoms. The van der Waals surface area contributed by atoms with E-state index in [9.17, 15) is 0 Å². The number of hydrogen-bond donors (Lipinski definition) is 1. The van der Waals surface area contributed by atoms with Crippen LogP contribution in [0.15, 0.2) is 30.6 Å². The molecule has 1 aliphatic heterocycles. The Hall–Kier alpha value is -2.54. The number of ether oxygens (including phenoxy) is 3. The van der Waals surface area contributed by atoms with Crippen molar-refractivity contribution in [3.63, 3.8) is 0 Å². The minimum atomic E-state index is 0.523. The number of rotatable bonds is 7. The number of methoxy groups -OCH3 is 2. The normalized spacial score (nSPS) is 14.2. The first-order valence-corrected chi connectivity index (χ1v) is 8.41. The Balaban J connectivity index is 1.57. The van der Waals surface area contributed by atoms with Crippen LogP contribution in [-0.4, -0.2) is 57.0 Å². The van der Waals surface area contributed by atoms with E-state index < -0.39 is 0 Å². The van der Waals surface area contributed by atoms with Crippen LogP contribution in [0.5, 0.6) is 17.4 Å². The minimum absolute atomic E-state index is 0.523. The Morgan fingerprint density at radius 3 is 2.64 bits per heavy atom. The Morgan fingerprint density at radius 1 is 1.08 bits per heavy atom. The van der Waals surface area contributed by atoms with Gasteiger partial charge in [0.1, 0.15) is 0 Å². The number of hydrogen-bond acceptors (Lipinski definition) is 7. The molecular weight excluding hydrogens is 320 g/mol. The third-order valence-electron chi connectivity index (χ3n) is 4.13. The Morgan fingerprint density at radius 2 is 1.88 bits per heavy atom. The van der Waals surface area contributed by atoms with Crippen molar-refractivity contribution in [1.82, 2.24) is 15.3 Å². The molecule has 3 rings (SSSR count). The molecule has 134 valence electrons. The van der Waals surface area contributed by atoms with E-state index in [2.05, 4.69) is 20.2 Å². The topological polar surface area (TPSA) is 68.7 Å². The molecule has 0 radical (unpaired) electrons. The SMILES string of the molecule is COc1ccc(CCOc2cncc(N3CCNCC3)n2)cc1OC. The molecule has 0 aliphatic carbocycles. The predicted octanol–water partition coefficient (Wildman–Crippen LogP) is 1.52. The second-order valence-corrected chi connectivity index (χ2v) is 5.74. The highest BCUT2D eigenvalue weighted by Gasteiger charge is 2.12. The van der Waals surface area contributed by atoms with Gasteiger partial charge in [0.05, 0.1) is 33.2 Å². The highest BCUT2D eigenvalue weighted by Crippen LogP contribution is 2.27. The van der Waals surface area contributed by atoms with Crippen LogP contribution in [0.4, 0.5) is 5.82 Å². The monoisotopic (exact) mass is 344 g/mol. The van der Waals surface area contributed by atoms with E-state index in [0.717, 1.165) is 55.5 Å². The molecule has 0 spiro atoms. The smallest absolute Gasteiger partial charge is 0.234 e. The molecular formula is C18H24N4O3. The van der Waals surface area contributed by atoms with Gasteiger partial charge in [-0.3, -0.25) is 4.98 Å². The van der Waals surface area contributed by atoms with E-state index in [4.69, 9.17) is 14.2 Å². The summed E-state index contributed by atoms with van der Waals surface area (Å²) in [4.78, 5) is 11.0. The fraction of sp³-hybridized carbons (Fsp3) is 0.444. The van der Waals surface area contributed by atoms with Crippen LogP contribution in [0.2, 0.25) is 0 Å². The zero-order valence-corrected chi connectivity index (χ0v) is 14.7. The number of benzene rings is 1. The molecule has 0 atom stereocenters. The fourth-order valence-electron chi connectivity index (χ4n) is 2.76. The van der Waals surface area contributed by atoms with Crippen molar-refractivity contribution in [2.75, 3.05) is 51.9 Å². The van der Waals surface area contributed by atoms with Crippen molar-refractivity contribution in [3.05, 3.63) is 36.2 Å². The maximum absolute atomic E-state index is 5.78. The first-order valence-electron chi connectivity index (χ1n) is 8.41. The van der Waals surface area contributed by atoms with Gasteiger partial charge in [0.2, 0.25) is 5.88 Å². The lowest BCUT2D eigenvalue weighted by Gasteiger charge is -2.28. The maximum Gasteiger partial charge on any atom is 0.234 e. The number of anilines is 1. The second kappa shape index (κ2) is 8.53. The number of aromatic nitrogens is 2. The van der Waals surface area contributed by atoms with Gasteiger partial charge in [-0.2, -0.15) is 4.98 Å². The molecule has 1 aliphatic rings. The molecule has 0 saturated carbocycles. The Bertz CT molecular complexity index is 690. The van der Waals surface area contributed by atoms with Crippen LogP contribution in [0.1, 0.15) is 5.56 Å².